The molecule has 2 heteroatoms. The van der Waals surface area contributed by atoms with Crippen molar-refractivity contribution in [2.75, 3.05) is 25.9 Å². The van der Waals surface area contributed by atoms with Crippen molar-refractivity contribution in [3.63, 3.8) is 0 Å². The maximum atomic E-state index is 4.15. The molecule has 1 aliphatic carbocycles. The zero-order valence-electron chi connectivity index (χ0n) is 9.28. The molecule has 1 nitrogen and oxygen atoms in total. The van der Waals surface area contributed by atoms with E-state index in [1.165, 1.54) is 38.6 Å². The molecule has 0 saturated heterocycles. The van der Waals surface area contributed by atoms with Crippen LogP contribution in [-0.2, 0) is 0 Å². The summed E-state index contributed by atoms with van der Waals surface area (Å²) in [5, 5.41) is 0. The highest BCUT2D eigenvalue weighted by Crippen LogP contribution is 2.23. The molecule has 0 aromatic rings. The molecule has 0 N–H and O–H groups in total. The molecule has 1 fully saturated rings. The second-order valence-corrected chi connectivity index (χ2v) is 4.74. The van der Waals surface area contributed by atoms with Crippen molar-refractivity contribution in [2.24, 2.45) is 5.92 Å². The minimum absolute atomic E-state index is 0.858. The SMILES string of the molecule is CN(CC=CCS)CC1CCCCC1. The van der Waals surface area contributed by atoms with Crippen LogP contribution in [0.4, 0.5) is 0 Å². The Balaban J connectivity index is 2.11. The van der Waals surface area contributed by atoms with Gasteiger partial charge in [-0.1, -0.05) is 31.4 Å². The fraction of sp³-hybridized carbons (Fsp3) is 0.833. The van der Waals surface area contributed by atoms with Crippen LogP contribution in [0.1, 0.15) is 32.1 Å². The van der Waals surface area contributed by atoms with Crippen LogP contribution in [0.2, 0.25) is 0 Å². The fourth-order valence-corrected chi connectivity index (χ4v) is 2.36. The first kappa shape index (κ1) is 12.1. The molecular weight excluding hydrogens is 190 g/mol. The Hall–Kier alpha value is 0.0500. The van der Waals surface area contributed by atoms with Gasteiger partial charge in [0.2, 0.25) is 0 Å². The third-order valence-electron chi connectivity index (χ3n) is 2.98. The van der Waals surface area contributed by atoms with Gasteiger partial charge in [-0.3, -0.25) is 0 Å². The maximum Gasteiger partial charge on any atom is 0.0160 e. The first-order chi connectivity index (χ1) is 6.83. The largest absolute Gasteiger partial charge is 0.302 e. The second-order valence-electron chi connectivity index (χ2n) is 4.38. The molecule has 0 unspecified atom stereocenters. The quantitative estimate of drug-likeness (QED) is 0.543. The first-order valence-electron chi connectivity index (χ1n) is 5.77. The highest BCUT2D eigenvalue weighted by atomic mass is 32.1. The number of hydrogen-bond acceptors (Lipinski definition) is 2. The van der Waals surface area contributed by atoms with E-state index >= 15 is 0 Å². The van der Waals surface area contributed by atoms with E-state index in [0.29, 0.717) is 0 Å². The lowest BCUT2D eigenvalue weighted by Gasteiger charge is -2.26. The molecule has 0 aromatic carbocycles. The Bertz CT molecular complexity index is 162. The van der Waals surface area contributed by atoms with Crippen LogP contribution in [0, 0.1) is 5.92 Å². The summed E-state index contributed by atoms with van der Waals surface area (Å²) in [4.78, 5) is 2.43. The predicted octanol–water partition coefficient (Wildman–Crippen LogP) is 2.98. The molecule has 0 amide bonds. The summed E-state index contributed by atoms with van der Waals surface area (Å²) in [7, 11) is 2.22. The average Bonchev–Trinajstić information content (AvgIpc) is 2.20. The van der Waals surface area contributed by atoms with E-state index in [9.17, 15) is 0 Å². The van der Waals surface area contributed by atoms with E-state index in [0.717, 1.165) is 18.2 Å². The van der Waals surface area contributed by atoms with Gasteiger partial charge < -0.3 is 4.90 Å². The van der Waals surface area contributed by atoms with Gasteiger partial charge in [0, 0.05) is 18.8 Å². The standard InChI is InChI=1S/C12H23NS/c1-13(9-5-6-10-14)11-12-7-3-2-4-8-12/h5-6,12,14H,2-4,7-11H2,1H3. The monoisotopic (exact) mass is 213 g/mol. The highest BCUT2D eigenvalue weighted by Gasteiger charge is 2.14. The summed E-state index contributed by atoms with van der Waals surface area (Å²) in [6, 6.07) is 0. The van der Waals surface area contributed by atoms with Crippen molar-refractivity contribution in [1.29, 1.82) is 0 Å². The third-order valence-corrected chi connectivity index (χ3v) is 3.19. The summed E-state index contributed by atoms with van der Waals surface area (Å²) >= 11 is 4.15. The molecule has 14 heavy (non-hydrogen) atoms. The summed E-state index contributed by atoms with van der Waals surface area (Å²) < 4.78 is 0. The van der Waals surface area contributed by atoms with Gasteiger partial charge in [-0.05, 0) is 25.8 Å². The van der Waals surface area contributed by atoms with Crippen LogP contribution in [0.5, 0.6) is 0 Å². The van der Waals surface area contributed by atoms with Crippen LogP contribution < -0.4 is 0 Å². The maximum absolute atomic E-state index is 4.15. The first-order valence-corrected chi connectivity index (χ1v) is 6.40. The lowest BCUT2D eigenvalue weighted by molar-refractivity contribution is 0.249. The van der Waals surface area contributed by atoms with Crippen molar-refractivity contribution >= 4 is 12.6 Å². The Labute approximate surface area is 94.0 Å². The van der Waals surface area contributed by atoms with Gasteiger partial charge in [0.25, 0.3) is 0 Å². The van der Waals surface area contributed by atoms with Gasteiger partial charge in [-0.2, -0.15) is 12.6 Å². The summed E-state index contributed by atoms with van der Waals surface area (Å²) in [5.74, 6) is 1.82. The molecule has 0 radical (unpaired) electrons. The van der Waals surface area contributed by atoms with Crippen molar-refractivity contribution in [3.8, 4) is 0 Å². The minimum Gasteiger partial charge on any atom is -0.302 e. The van der Waals surface area contributed by atoms with Crippen LogP contribution in [0.15, 0.2) is 12.2 Å². The molecule has 82 valence electrons. The normalized spacial score (nSPS) is 19.6. The average molecular weight is 213 g/mol. The number of nitrogens with zero attached hydrogens (tertiary/aromatic N) is 1. The van der Waals surface area contributed by atoms with E-state index in [1.54, 1.807) is 0 Å². The molecule has 0 atom stereocenters. The molecule has 0 aromatic heterocycles. The van der Waals surface area contributed by atoms with Crippen molar-refractivity contribution in [1.82, 2.24) is 4.90 Å². The number of likely N-dealkylation sites (N-methyl/N-ethyl adjacent to an activating group) is 1. The molecule has 1 saturated carbocycles. The molecule has 0 spiro atoms. The Kier molecular flexibility index (Phi) is 6.37. The lowest BCUT2D eigenvalue weighted by atomic mass is 9.89. The summed E-state index contributed by atoms with van der Waals surface area (Å²) in [5.41, 5.74) is 0. The van der Waals surface area contributed by atoms with Crippen LogP contribution >= 0.6 is 12.6 Å². The summed E-state index contributed by atoms with van der Waals surface area (Å²) in [6.07, 6.45) is 11.6. The second kappa shape index (κ2) is 7.36. The lowest BCUT2D eigenvalue weighted by Crippen LogP contribution is -2.27. The highest BCUT2D eigenvalue weighted by molar-refractivity contribution is 7.80. The van der Waals surface area contributed by atoms with Gasteiger partial charge in [0.15, 0.2) is 0 Å². The Morgan fingerprint density at radius 3 is 2.57 bits per heavy atom. The Morgan fingerprint density at radius 1 is 1.21 bits per heavy atom. The van der Waals surface area contributed by atoms with E-state index in [1.807, 2.05) is 0 Å². The zero-order chi connectivity index (χ0) is 10.2. The van der Waals surface area contributed by atoms with Gasteiger partial charge in [0.05, 0.1) is 0 Å². The van der Waals surface area contributed by atoms with E-state index in [4.69, 9.17) is 0 Å². The summed E-state index contributed by atoms with van der Waals surface area (Å²) in [6.45, 7) is 2.36. The fourth-order valence-electron chi connectivity index (χ4n) is 2.21. The smallest absolute Gasteiger partial charge is 0.0160 e. The Morgan fingerprint density at radius 2 is 1.93 bits per heavy atom. The number of thiol groups is 1. The molecule has 0 bridgehead atoms. The molecule has 0 aliphatic heterocycles. The topological polar surface area (TPSA) is 3.24 Å². The van der Waals surface area contributed by atoms with Crippen molar-refractivity contribution in [2.45, 2.75) is 32.1 Å². The number of rotatable bonds is 5. The van der Waals surface area contributed by atoms with E-state index in [2.05, 4.69) is 36.7 Å². The molecular formula is C12H23NS. The predicted molar refractivity (Wildman–Crippen MR) is 67.1 cm³/mol. The minimum atomic E-state index is 0.858. The van der Waals surface area contributed by atoms with Gasteiger partial charge in [-0.15, -0.1) is 0 Å². The van der Waals surface area contributed by atoms with E-state index < -0.39 is 0 Å². The van der Waals surface area contributed by atoms with E-state index in [-0.39, 0.29) is 0 Å². The third kappa shape index (κ3) is 5.06. The number of hydrogen-bond donors (Lipinski definition) is 1. The van der Waals surface area contributed by atoms with Crippen molar-refractivity contribution < 1.29 is 0 Å². The van der Waals surface area contributed by atoms with Gasteiger partial charge in [0.1, 0.15) is 0 Å². The molecule has 0 heterocycles. The van der Waals surface area contributed by atoms with Crippen molar-refractivity contribution in [3.05, 3.63) is 12.2 Å². The van der Waals surface area contributed by atoms with Gasteiger partial charge in [-0.25, -0.2) is 0 Å². The van der Waals surface area contributed by atoms with Gasteiger partial charge >= 0.3 is 0 Å². The van der Waals surface area contributed by atoms with Crippen LogP contribution in [-0.4, -0.2) is 30.8 Å². The molecule has 1 rings (SSSR count). The zero-order valence-corrected chi connectivity index (χ0v) is 10.2. The molecule has 1 aliphatic rings. The van der Waals surface area contributed by atoms with Crippen LogP contribution in [0.3, 0.4) is 0 Å². The van der Waals surface area contributed by atoms with Crippen LogP contribution in [0.25, 0.3) is 0 Å².